The summed E-state index contributed by atoms with van der Waals surface area (Å²) < 4.78 is 5.73. The molecular formula is C16H26N2O. The van der Waals surface area contributed by atoms with Gasteiger partial charge in [0.1, 0.15) is 0 Å². The summed E-state index contributed by atoms with van der Waals surface area (Å²) in [7, 11) is 2.15. The summed E-state index contributed by atoms with van der Waals surface area (Å²) in [5, 5.41) is 3.49. The van der Waals surface area contributed by atoms with Gasteiger partial charge < -0.3 is 15.0 Å². The van der Waals surface area contributed by atoms with E-state index in [0.29, 0.717) is 12.0 Å². The Morgan fingerprint density at radius 3 is 2.68 bits per heavy atom. The quantitative estimate of drug-likeness (QED) is 0.880. The van der Waals surface area contributed by atoms with Crippen LogP contribution in [0, 0.1) is 0 Å². The summed E-state index contributed by atoms with van der Waals surface area (Å²) in [6.45, 7) is 9.23. The highest BCUT2D eigenvalue weighted by atomic mass is 16.5. The Morgan fingerprint density at radius 2 is 2.05 bits per heavy atom. The van der Waals surface area contributed by atoms with Crippen molar-refractivity contribution in [2.24, 2.45) is 0 Å². The minimum atomic E-state index is 0.327. The Hall–Kier alpha value is -0.900. The van der Waals surface area contributed by atoms with Gasteiger partial charge in [0.25, 0.3) is 0 Å². The summed E-state index contributed by atoms with van der Waals surface area (Å²) in [6, 6.07) is 8.89. The van der Waals surface area contributed by atoms with Crippen molar-refractivity contribution < 1.29 is 4.74 Å². The van der Waals surface area contributed by atoms with Crippen molar-refractivity contribution in [3.63, 3.8) is 0 Å². The number of hydrogen-bond donors (Lipinski definition) is 1. The van der Waals surface area contributed by atoms with E-state index in [1.54, 1.807) is 0 Å². The molecule has 1 fully saturated rings. The topological polar surface area (TPSA) is 24.5 Å². The number of benzene rings is 1. The van der Waals surface area contributed by atoms with Crippen LogP contribution in [0.15, 0.2) is 24.3 Å². The molecule has 0 spiro atoms. The molecule has 1 saturated heterocycles. The van der Waals surface area contributed by atoms with E-state index < -0.39 is 0 Å². The van der Waals surface area contributed by atoms with Crippen LogP contribution in [0.25, 0.3) is 0 Å². The number of hydrogen-bond acceptors (Lipinski definition) is 3. The van der Waals surface area contributed by atoms with Gasteiger partial charge in [-0.2, -0.15) is 0 Å². The maximum Gasteiger partial charge on any atom is 0.0826 e. The van der Waals surface area contributed by atoms with Crippen LogP contribution in [0.5, 0.6) is 0 Å². The van der Waals surface area contributed by atoms with Gasteiger partial charge in [0.05, 0.1) is 12.7 Å². The highest BCUT2D eigenvalue weighted by Gasteiger charge is 2.16. The largest absolute Gasteiger partial charge is 0.374 e. The fourth-order valence-corrected chi connectivity index (χ4v) is 2.39. The van der Waals surface area contributed by atoms with Crippen molar-refractivity contribution in [3.8, 4) is 0 Å². The number of nitrogens with zero attached hydrogens (tertiary/aromatic N) is 1. The van der Waals surface area contributed by atoms with Gasteiger partial charge in [-0.3, -0.25) is 0 Å². The second-order valence-electron chi connectivity index (χ2n) is 5.78. The molecular weight excluding hydrogens is 236 g/mol. The van der Waals surface area contributed by atoms with Crippen molar-refractivity contribution >= 4 is 0 Å². The molecule has 0 amide bonds. The molecule has 0 radical (unpaired) electrons. The summed E-state index contributed by atoms with van der Waals surface area (Å²) >= 11 is 0. The minimum absolute atomic E-state index is 0.327. The lowest BCUT2D eigenvalue weighted by atomic mass is 10.0. The Morgan fingerprint density at radius 1 is 1.32 bits per heavy atom. The van der Waals surface area contributed by atoms with Gasteiger partial charge in [0, 0.05) is 26.2 Å². The molecule has 19 heavy (non-hydrogen) atoms. The van der Waals surface area contributed by atoms with E-state index in [9.17, 15) is 0 Å². The van der Waals surface area contributed by atoms with Crippen molar-refractivity contribution in [1.82, 2.24) is 10.2 Å². The molecule has 0 saturated carbocycles. The third-order valence-electron chi connectivity index (χ3n) is 3.69. The maximum atomic E-state index is 5.73. The molecule has 3 nitrogen and oxygen atoms in total. The van der Waals surface area contributed by atoms with Gasteiger partial charge in [0.15, 0.2) is 0 Å². The van der Waals surface area contributed by atoms with E-state index >= 15 is 0 Å². The molecule has 1 atom stereocenters. The summed E-state index contributed by atoms with van der Waals surface area (Å²) in [4.78, 5) is 2.33. The van der Waals surface area contributed by atoms with Gasteiger partial charge in [-0.15, -0.1) is 0 Å². The van der Waals surface area contributed by atoms with E-state index in [2.05, 4.69) is 55.4 Å². The van der Waals surface area contributed by atoms with Crippen LogP contribution in [-0.4, -0.2) is 44.3 Å². The SMILES string of the molecule is CC(C)c1ccc(CNCC2CN(C)CCO2)cc1. The highest BCUT2D eigenvalue weighted by molar-refractivity contribution is 5.24. The number of ether oxygens (including phenoxy) is 1. The van der Waals surface area contributed by atoms with Crippen LogP contribution in [-0.2, 0) is 11.3 Å². The molecule has 1 aliphatic rings. The number of likely N-dealkylation sites (N-methyl/N-ethyl adjacent to an activating group) is 1. The van der Waals surface area contributed by atoms with E-state index in [0.717, 1.165) is 32.8 Å². The predicted molar refractivity (Wildman–Crippen MR) is 79.5 cm³/mol. The van der Waals surface area contributed by atoms with Crippen molar-refractivity contribution in [2.45, 2.75) is 32.4 Å². The molecule has 0 bridgehead atoms. The maximum absolute atomic E-state index is 5.73. The zero-order valence-corrected chi connectivity index (χ0v) is 12.4. The second-order valence-corrected chi connectivity index (χ2v) is 5.78. The van der Waals surface area contributed by atoms with Crippen molar-refractivity contribution in [1.29, 1.82) is 0 Å². The summed E-state index contributed by atoms with van der Waals surface area (Å²) in [5.74, 6) is 0.605. The first-order chi connectivity index (χ1) is 9.15. The molecule has 1 N–H and O–H groups in total. The van der Waals surface area contributed by atoms with Gasteiger partial charge >= 0.3 is 0 Å². The lowest BCUT2D eigenvalue weighted by Crippen LogP contribution is -2.44. The average Bonchev–Trinajstić information content (AvgIpc) is 2.39. The third-order valence-corrected chi connectivity index (χ3v) is 3.69. The smallest absolute Gasteiger partial charge is 0.0826 e. The molecule has 1 aliphatic heterocycles. The standard InChI is InChI=1S/C16H26N2O/c1-13(2)15-6-4-14(5-7-15)10-17-11-16-12-18(3)8-9-19-16/h4-7,13,16-17H,8-12H2,1-3H3. The van der Waals surface area contributed by atoms with E-state index in [1.165, 1.54) is 11.1 Å². The van der Waals surface area contributed by atoms with Gasteiger partial charge in [0.2, 0.25) is 0 Å². The number of morpholine rings is 1. The van der Waals surface area contributed by atoms with Crippen molar-refractivity contribution in [3.05, 3.63) is 35.4 Å². The summed E-state index contributed by atoms with van der Waals surface area (Å²) in [5.41, 5.74) is 2.74. The molecule has 0 aliphatic carbocycles. The zero-order chi connectivity index (χ0) is 13.7. The van der Waals surface area contributed by atoms with Crippen LogP contribution >= 0.6 is 0 Å². The van der Waals surface area contributed by atoms with Gasteiger partial charge in [-0.1, -0.05) is 38.1 Å². The Kier molecular flexibility index (Phi) is 5.37. The van der Waals surface area contributed by atoms with Crippen LogP contribution < -0.4 is 5.32 Å². The second kappa shape index (κ2) is 7.04. The van der Waals surface area contributed by atoms with E-state index in [4.69, 9.17) is 4.74 Å². The molecule has 1 unspecified atom stereocenters. The Balaban J connectivity index is 1.73. The number of rotatable bonds is 5. The van der Waals surface area contributed by atoms with Crippen molar-refractivity contribution in [2.75, 3.05) is 33.3 Å². The first kappa shape index (κ1) is 14.5. The average molecular weight is 262 g/mol. The molecule has 106 valence electrons. The van der Waals surface area contributed by atoms with Crippen LogP contribution in [0.2, 0.25) is 0 Å². The van der Waals surface area contributed by atoms with Gasteiger partial charge in [-0.25, -0.2) is 0 Å². The zero-order valence-electron chi connectivity index (χ0n) is 12.4. The number of nitrogens with one attached hydrogen (secondary N) is 1. The normalized spacial score (nSPS) is 20.9. The molecule has 1 heterocycles. The van der Waals surface area contributed by atoms with E-state index in [-0.39, 0.29) is 0 Å². The predicted octanol–water partition coefficient (Wildman–Crippen LogP) is 2.23. The molecule has 0 aromatic heterocycles. The first-order valence-corrected chi connectivity index (χ1v) is 7.25. The highest BCUT2D eigenvalue weighted by Crippen LogP contribution is 2.14. The van der Waals surface area contributed by atoms with Crippen LogP contribution in [0.4, 0.5) is 0 Å². The molecule has 1 aromatic carbocycles. The molecule has 3 heteroatoms. The fourth-order valence-electron chi connectivity index (χ4n) is 2.39. The molecule has 1 aromatic rings. The minimum Gasteiger partial charge on any atom is -0.374 e. The fraction of sp³-hybridized carbons (Fsp3) is 0.625. The third kappa shape index (κ3) is 4.60. The lowest BCUT2D eigenvalue weighted by Gasteiger charge is -2.30. The molecule has 2 rings (SSSR count). The first-order valence-electron chi connectivity index (χ1n) is 7.25. The lowest BCUT2D eigenvalue weighted by molar-refractivity contribution is -0.0182. The van der Waals surface area contributed by atoms with Crippen LogP contribution in [0.1, 0.15) is 30.9 Å². The Labute approximate surface area is 116 Å². The van der Waals surface area contributed by atoms with Crippen LogP contribution in [0.3, 0.4) is 0 Å². The van der Waals surface area contributed by atoms with Gasteiger partial charge in [-0.05, 0) is 24.1 Å². The summed E-state index contributed by atoms with van der Waals surface area (Å²) in [6.07, 6.45) is 0.327. The Bertz CT molecular complexity index is 375. The van der Waals surface area contributed by atoms with E-state index in [1.807, 2.05) is 0 Å². The monoisotopic (exact) mass is 262 g/mol.